The van der Waals surface area contributed by atoms with Gasteiger partial charge in [0.15, 0.2) is 5.69 Å². The van der Waals surface area contributed by atoms with Crippen LogP contribution in [0.25, 0.3) is 17.2 Å². The van der Waals surface area contributed by atoms with Crippen LogP contribution in [0.5, 0.6) is 5.75 Å². The molecule has 2 aromatic carbocycles. The summed E-state index contributed by atoms with van der Waals surface area (Å²) in [4.78, 5) is 69.3. The molecule has 0 bridgehead atoms. The van der Waals surface area contributed by atoms with Crippen molar-refractivity contribution in [2.45, 2.75) is 72.4 Å². The van der Waals surface area contributed by atoms with Crippen molar-refractivity contribution in [1.29, 1.82) is 5.41 Å². The fourth-order valence-electron chi connectivity index (χ4n) is 5.11. The topological polar surface area (TPSA) is 204 Å². The number of anilines is 1. The third-order valence-electron chi connectivity index (χ3n) is 7.85. The van der Waals surface area contributed by atoms with Gasteiger partial charge in [-0.25, -0.2) is 19.4 Å². The van der Waals surface area contributed by atoms with Crippen molar-refractivity contribution >= 4 is 47.6 Å². The van der Waals surface area contributed by atoms with Crippen LogP contribution in [0.4, 0.5) is 15.3 Å². The molecule has 4 N–H and O–H groups in total. The van der Waals surface area contributed by atoms with E-state index >= 15 is 0 Å². The van der Waals surface area contributed by atoms with E-state index in [0.717, 1.165) is 19.3 Å². The normalized spacial score (nSPS) is 12.6. The first-order valence-corrected chi connectivity index (χ1v) is 17.4. The Morgan fingerprint density at radius 3 is 2.19 bits per heavy atom. The summed E-state index contributed by atoms with van der Waals surface area (Å²) in [6.07, 6.45) is 0.484. The Bertz CT molecular complexity index is 1900. The quantitative estimate of drug-likeness (QED) is 0.0423. The molecule has 1 saturated carbocycles. The van der Waals surface area contributed by atoms with Gasteiger partial charge < -0.3 is 34.3 Å². The lowest BCUT2D eigenvalue weighted by Crippen LogP contribution is -2.32. The fraction of sp³-hybridized carbons (Fsp3) is 0.359. The van der Waals surface area contributed by atoms with Crippen LogP contribution >= 0.6 is 0 Å². The molecule has 3 amide bonds. The molecule has 3 aromatic rings. The molecule has 15 heteroatoms. The SMILES string of the molecule is C=Cc1cc(C(=O)Nc2ccc(C(=N)NC(=O)OC(C)C)cc2)c(-c2ccc(C(=O)NCCC3CC3)nc2C(=O)OC(C)OC(=O)OC(C)C)cc1OC. The molecular weight excluding hydrogens is 698 g/mol. The van der Waals surface area contributed by atoms with E-state index in [1.54, 1.807) is 39.8 Å². The second kappa shape index (κ2) is 18.5. The van der Waals surface area contributed by atoms with Gasteiger partial charge in [-0.15, -0.1) is 0 Å². The van der Waals surface area contributed by atoms with Crippen molar-refractivity contribution in [2.24, 2.45) is 5.92 Å². The Morgan fingerprint density at radius 1 is 0.889 bits per heavy atom. The molecule has 1 atom stereocenters. The second-order valence-corrected chi connectivity index (χ2v) is 12.9. The molecular formula is C39H45N5O10. The molecule has 1 aliphatic rings. The van der Waals surface area contributed by atoms with Crippen LogP contribution in [0.3, 0.4) is 0 Å². The first-order chi connectivity index (χ1) is 25.7. The molecule has 286 valence electrons. The van der Waals surface area contributed by atoms with Crippen LogP contribution in [0.15, 0.2) is 55.1 Å². The van der Waals surface area contributed by atoms with Crippen LogP contribution in [-0.4, -0.2) is 73.0 Å². The Labute approximate surface area is 313 Å². The van der Waals surface area contributed by atoms with Gasteiger partial charge in [-0.1, -0.05) is 25.5 Å². The number of carbonyl (C=O) groups is 5. The Morgan fingerprint density at radius 2 is 1.57 bits per heavy atom. The number of ether oxygens (including phenoxy) is 5. The largest absolute Gasteiger partial charge is 0.511 e. The summed E-state index contributed by atoms with van der Waals surface area (Å²) in [7, 11) is 1.43. The molecule has 1 aliphatic carbocycles. The van der Waals surface area contributed by atoms with Crippen LogP contribution in [0.2, 0.25) is 0 Å². The minimum absolute atomic E-state index is 0.0721. The number of pyridine rings is 1. The molecule has 0 saturated heterocycles. The van der Waals surface area contributed by atoms with Crippen molar-refractivity contribution < 1.29 is 47.7 Å². The number of nitrogens with one attached hydrogen (secondary N) is 4. The maximum atomic E-state index is 14.0. The van der Waals surface area contributed by atoms with Crippen LogP contribution < -0.4 is 20.7 Å². The van der Waals surface area contributed by atoms with Crippen molar-refractivity contribution in [3.8, 4) is 16.9 Å². The van der Waals surface area contributed by atoms with Crippen LogP contribution in [0.1, 0.15) is 96.3 Å². The van der Waals surface area contributed by atoms with E-state index in [9.17, 15) is 24.0 Å². The zero-order valence-corrected chi connectivity index (χ0v) is 31.1. The summed E-state index contributed by atoms with van der Waals surface area (Å²) in [5.74, 6) is -1.47. The van der Waals surface area contributed by atoms with E-state index in [1.807, 2.05) is 0 Å². The number of aromatic nitrogens is 1. The standard InChI is InChI=1S/C39H45N5O10/c1-8-25-19-30(35(45)42-27-13-11-26(12-14-27)34(40)44-38(48)51-21(2)3)29(20-32(25)50-7)28-15-16-31(36(46)41-18-17-24-9-10-24)43-33(28)37(47)53-23(6)54-39(49)52-22(4)5/h8,11-16,19-24H,1,9-10,17-18H2,2-7H3,(H,41,46)(H,42,45)(H2,40,44,48). The predicted molar refractivity (Wildman–Crippen MR) is 200 cm³/mol. The number of benzene rings is 2. The lowest BCUT2D eigenvalue weighted by Gasteiger charge is -2.19. The Balaban J connectivity index is 1.70. The summed E-state index contributed by atoms with van der Waals surface area (Å²) in [6.45, 7) is 12.2. The number of alkyl carbamates (subject to hydrolysis) is 1. The molecule has 0 aliphatic heterocycles. The lowest BCUT2D eigenvalue weighted by molar-refractivity contribution is -0.0868. The molecule has 54 heavy (non-hydrogen) atoms. The zero-order chi connectivity index (χ0) is 39.5. The first-order valence-electron chi connectivity index (χ1n) is 17.4. The zero-order valence-electron chi connectivity index (χ0n) is 31.1. The van der Waals surface area contributed by atoms with E-state index < -0.39 is 42.4 Å². The summed E-state index contributed by atoms with van der Waals surface area (Å²) >= 11 is 0. The smallest absolute Gasteiger partial charge is 0.496 e. The van der Waals surface area contributed by atoms with Gasteiger partial charge in [0.25, 0.3) is 11.8 Å². The van der Waals surface area contributed by atoms with Gasteiger partial charge >= 0.3 is 18.2 Å². The summed E-state index contributed by atoms with van der Waals surface area (Å²) < 4.78 is 26.1. The van der Waals surface area contributed by atoms with Gasteiger partial charge in [-0.3, -0.25) is 20.3 Å². The predicted octanol–water partition coefficient (Wildman–Crippen LogP) is 6.71. The highest BCUT2D eigenvalue weighted by molar-refractivity contribution is 6.11. The number of hydrogen-bond donors (Lipinski definition) is 4. The number of amides is 3. The van der Waals surface area contributed by atoms with E-state index in [4.69, 9.17) is 29.1 Å². The minimum atomic E-state index is -1.41. The fourth-order valence-corrected chi connectivity index (χ4v) is 5.11. The van der Waals surface area contributed by atoms with Gasteiger partial charge in [0.05, 0.1) is 19.3 Å². The van der Waals surface area contributed by atoms with Gasteiger partial charge in [0.1, 0.15) is 17.3 Å². The Hall–Kier alpha value is -6.25. The number of nitrogens with zero attached hydrogens (tertiary/aromatic N) is 1. The number of hydrogen-bond acceptors (Lipinski definition) is 12. The number of amidine groups is 1. The highest BCUT2D eigenvalue weighted by Crippen LogP contribution is 2.35. The molecule has 1 unspecified atom stereocenters. The maximum Gasteiger partial charge on any atom is 0.511 e. The number of carbonyl (C=O) groups excluding carboxylic acids is 5. The number of rotatable bonds is 15. The molecule has 1 aromatic heterocycles. The third-order valence-corrected chi connectivity index (χ3v) is 7.85. The Kier molecular flexibility index (Phi) is 13.9. The molecule has 0 radical (unpaired) electrons. The number of esters is 1. The summed E-state index contributed by atoms with van der Waals surface area (Å²) in [6, 6.07) is 12.1. The molecule has 1 fully saturated rings. The highest BCUT2D eigenvalue weighted by Gasteiger charge is 2.27. The highest BCUT2D eigenvalue weighted by atomic mass is 16.8. The third kappa shape index (κ3) is 11.4. The minimum Gasteiger partial charge on any atom is -0.496 e. The molecule has 15 nitrogen and oxygen atoms in total. The van der Waals surface area contributed by atoms with Gasteiger partial charge in [0, 0.05) is 47.0 Å². The molecule has 0 spiro atoms. The van der Waals surface area contributed by atoms with Gasteiger partial charge in [-0.05, 0) is 88.6 Å². The lowest BCUT2D eigenvalue weighted by atomic mass is 9.94. The van der Waals surface area contributed by atoms with Crippen LogP contribution in [0, 0.1) is 11.3 Å². The van der Waals surface area contributed by atoms with E-state index in [2.05, 4.69) is 27.5 Å². The second-order valence-electron chi connectivity index (χ2n) is 12.9. The van der Waals surface area contributed by atoms with E-state index in [-0.39, 0.29) is 40.0 Å². The average molecular weight is 744 g/mol. The van der Waals surface area contributed by atoms with Crippen molar-refractivity contribution in [1.82, 2.24) is 15.6 Å². The maximum absolute atomic E-state index is 14.0. The van der Waals surface area contributed by atoms with Crippen LogP contribution in [-0.2, 0) is 18.9 Å². The van der Waals surface area contributed by atoms with Crippen molar-refractivity contribution in [2.75, 3.05) is 19.0 Å². The average Bonchev–Trinajstić information content (AvgIpc) is 3.94. The molecule has 4 rings (SSSR count). The summed E-state index contributed by atoms with van der Waals surface area (Å²) in [5, 5.41) is 16.2. The first kappa shape index (κ1) is 40.5. The van der Waals surface area contributed by atoms with E-state index in [1.165, 1.54) is 56.5 Å². The van der Waals surface area contributed by atoms with E-state index in [0.29, 0.717) is 35.0 Å². The van der Waals surface area contributed by atoms with Gasteiger partial charge in [-0.2, -0.15) is 0 Å². The number of methoxy groups -OCH3 is 1. The monoisotopic (exact) mass is 743 g/mol. The molecule has 1 heterocycles. The van der Waals surface area contributed by atoms with Crippen molar-refractivity contribution in [3.63, 3.8) is 0 Å². The van der Waals surface area contributed by atoms with Gasteiger partial charge in [0.2, 0.25) is 6.29 Å². The summed E-state index contributed by atoms with van der Waals surface area (Å²) in [5.41, 5.74) is 1.11. The van der Waals surface area contributed by atoms with Crippen molar-refractivity contribution in [3.05, 3.63) is 83.2 Å².